The third-order valence-corrected chi connectivity index (χ3v) is 2.54. The number of aromatic nitrogens is 2. The number of rotatable bonds is 5. The maximum absolute atomic E-state index is 10.7. The minimum absolute atomic E-state index is 0.108. The average molecular weight is 275 g/mol. The summed E-state index contributed by atoms with van der Waals surface area (Å²) < 4.78 is 10.3. The average Bonchev–Trinajstić information content (AvgIpc) is 2.47. The molecule has 1 aromatic heterocycles. The molecule has 20 heavy (non-hydrogen) atoms. The second-order valence-electron chi connectivity index (χ2n) is 3.80. The highest BCUT2D eigenvalue weighted by atomic mass is 16.5. The number of carbonyl (C=O) groups is 1. The van der Waals surface area contributed by atoms with Crippen molar-refractivity contribution in [2.45, 2.75) is 0 Å². The van der Waals surface area contributed by atoms with Gasteiger partial charge in [-0.1, -0.05) is 0 Å². The van der Waals surface area contributed by atoms with Crippen LogP contribution in [0.1, 0.15) is 10.5 Å². The lowest BCUT2D eigenvalue weighted by atomic mass is 10.2. The number of methoxy groups -OCH3 is 2. The molecule has 0 aliphatic rings. The topological polar surface area (TPSA) is 93.6 Å². The molecule has 0 bridgehead atoms. The quantitative estimate of drug-likeness (QED) is 0.861. The molecule has 0 radical (unpaired) electrons. The molecular weight excluding hydrogens is 262 g/mol. The highest BCUT2D eigenvalue weighted by Gasteiger charge is 2.07. The maximum atomic E-state index is 10.7. The standard InChI is InChI=1S/C13H13N3O4/c1-19-10-5-3-8(7-11(10)20-2)14-12-6-4-9(13(17)18)15-16-12/h3-7H,1-2H3,(H,14,16)(H,17,18). The van der Waals surface area contributed by atoms with E-state index in [4.69, 9.17) is 14.6 Å². The Labute approximate surface area is 115 Å². The van der Waals surface area contributed by atoms with Gasteiger partial charge >= 0.3 is 5.97 Å². The van der Waals surface area contributed by atoms with Crippen molar-refractivity contribution in [3.05, 3.63) is 36.0 Å². The predicted octanol–water partition coefficient (Wildman–Crippen LogP) is 1.94. The number of anilines is 2. The maximum Gasteiger partial charge on any atom is 0.356 e. The lowest BCUT2D eigenvalue weighted by Gasteiger charge is -2.10. The summed E-state index contributed by atoms with van der Waals surface area (Å²) in [6.45, 7) is 0. The highest BCUT2D eigenvalue weighted by molar-refractivity contribution is 5.85. The van der Waals surface area contributed by atoms with E-state index in [1.165, 1.54) is 12.1 Å². The molecule has 0 saturated heterocycles. The van der Waals surface area contributed by atoms with E-state index >= 15 is 0 Å². The first kappa shape index (κ1) is 13.6. The van der Waals surface area contributed by atoms with Crippen LogP contribution < -0.4 is 14.8 Å². The van der Waals surface area contributed by atoms with Crippen molar-refractivity contribution < 1.29 is 19.4 Å². The van der Waals surface area contributed by atoms with E-state index in [0.29, 0.717) is 17.3 Å². The van der Waals surface area contributed by atoms with Crippen LogP contribution in [0.5, 0.6) is 11.5 Å². The van der Waals surface area contributed by atoms with Gasteiger partial charge in [-0.15, -0.1) is 10.2 Å². The Morgan fingerprint density at radius 3 is 2.40 bits per heavy atom. The van der Waals surface area contributed by atoms with Gasteiger partial charge in [-0.05, 0) is 24.3 Å². The van der Waals surface area contributed by atoms with Gasteiger partial charge in [0.2, 0.25) is 0 Å². The van der Waals surface area contributed by atoms with Crippen LogP contribution in [-0.2, 0) is 0 Å². The van der Waals surface area contributed by atoms with Crippen LogP contribution in [0.3, 0.4) is 0 Å². The Morgan fingerprint density at radius 1 is 1.10 bits per heavy atom. The number of hydrogen-bond acceptors (Lipinski definition) is 6. The van der Waals surface area contributed by atoms with Crippen molar-refractivity contribution in [1.29, 1.82) is 0 Å². The van der Waals surface area contributed by atoms with E-state index in [1.54, 1.807) is 32.4 Å². The third-order valence-electron chi connectivity index (χ3n) is 2.54. The molecule has 7 heteroatoms. The van der Waals surface area contributed by atoms with E-state index in [2.05, 4.69) is 15.5 Å². The fourth-order valence-electron chi connectivity index (χ4n) is 1.57. The number of carboxylic acids is 1. The molecule has 0 saturated carbocycles. The summed E-state index contributed by atoms with van der Waals surface area (Å²) in [5.74, 6) is 0.510. The van der Waals surface area contributed by atoms with Crippen LogP contribution in [0.25, 0.3) is 0 Å². The first-order chi connectivity index (χ1) is 9.63. The molecule has 2 N–H and O–H groups in total. The Kier molecular flexibility index (Phi) is 3.99. The van der Waals surface area contributed by atoms with Gasteiger partial charge in [0.25, 0.3) is 0 Å². The number of benzene rings is 1. The summed E-state index contributed by atoms with van der Waals surface area (Å²) >= 11 is 0. The Morgan fingerprint density at radius 2 is 1.85 bits per heavy atom. The lowest BCUT2D eigenvalue weighted by Crippen LogP contribution is -2.03. The van der Waals surface area contributed by atoms with Gasteiger partial charge in [-0.25, -0.2) is 4.79 Å². The molecule has 0 fully saturated rings. The van der Waals surface area contributed by atoms with Crippen LogP contribution in [0.15, 0.2) is 30.3 Å². The Hall–Kier alpha value is -2.83. The minimum Gasteiger partial charge on any atom is -0.493 e. The summed E-state index contributed by atoms with van der Waals surface area (Å²) in [6.07, 6.45) is 0. The molecule has 2 aromatic rings. The molecule has 0 aliphatic heterocycles. The van der Waals surface area contributed by atoms with Gasteiger partial charge in [0, 0.05) is 11.8 Å². The predicted molar refractivity (Wildman–Crippen MR) is 71.8 cm³/mol. The van der Waals surface area contributed by atoms with Crippen molar-refractivity contribution >= 4 is 17.5 Å². The van der Waals surface area contributed by atoms with Crippen LogP contribution >= 0.6 is 0 Å². The molecule has 0 unspecified atom stereocenters. The molecule has 2 rings (SSSR count). The van der Waals surface area contributed by atoms with E-state index in [0.717, 1.165) is 5.69 Å². The first-order valence-electron chi connectivity index (χ1n) is 5.70. The second-order valence-corrected chi connectivity index (χ2v) is 3.80. The Bertz CT molecular complexity index is 614. The molecule has 7 nitrogen and oxygen atoms in total. The third kappa shape index (κ3) is 2.94. The monoisotopic (exact) mass is 275 g/mol. The van der Waals surface area contributed by atoms with Crippen LogP contribution in [0.2, 0.25) is 0 Å². The zero-order valence-electron chi connectivity index (χ0n) is 11.0. The van der Waals surface area contributed by atoms with Crippen molar-refractivity contribution in [3.63, 3.8) is 0 Å². The van der Waals surface area contributed by atoms with E-state index < -0.39 is 5.97 Å². The van der Waals surface area contributed by atoms with Crippen LogP contribution in [0, 0.1) is 0 Å². The highest BCUT2D eigenvalue weighted by Crippen LogP contribution is 2.30. The molecular formula is C13H13N3O4. The molecule has 104 valence electrons. The number of aromatic carboxylic acids is 1. The van der Waals surface area contributed by atoms with Crippen LogP contribution in [0.4, 0.5) is 11.5 Å². The smallest absolute Gasteiger partial charge is 0.356 e. The van der Waals surface area contributed by atoms with Gasteiger partial charge in [0.05, 0.1) is 14.2 Å². The number of ether oxygens (including phenoxy) is 2. The minimum atomic E-state index is -1.12. The van der Waals surface area contributed by atoms with E-state index in [9.17, 15) is 4.79 Å². The van der Waals surface area contributed by atoms with E-state index in [1.807, 2.05) is 0 Å². The van der Waals surface area contributed by atoms with Gasteiger partial charge < -0.3 is 19.9 Å². The van der Waals surface area contributed by atoms with Crippen molar-refractivity contribution in [3.8, 4) is 11.5 Å². The SMILES string of the molecule is COc1ccc(Nc2ccc(C(=O)O)nn2)cc1OC. The molecule has 0 atom stereocenters. The van der Waals surface area contributed by atoms with Crippen molar-refractivity contribution in [2.24, 2.45) is 0 Å². The summed E-state index contributed by atoms with van der Waals surface area (Å²) in [5.41, 5.74) is 0.614. The summed E-state index contributed by atoms with van der Waals surface area (Å²) in [6, 6.07) is 8.19. The summed E-state index contributed by atoms with van der Waals surface area (Å²) in [7, 11) is 3.10. The fourth-order valence-corrected chi connectivity index (χ4v) is 1.57. The van der Waals surface area contributed by atoms with Crippen molar-refractivity contribution in [2.75, 3.05) is 19.5 Å². The lowest BCUT2D eigenvalue weighted by molar-refractivity contribution is 0.0689. The number of nitrogens with one attached hydrogen (secondary N) is 1. The second kappa shape index (κ2) is 5.87. The van der Waals surface area contributed by atoms with Gasteiger partial charge in [-0.2, -0.15) is 0 Å². The van der Waals surface area contributed by atoms with Gasteiger partial charge in [0.15, 0.2) is 23.0 Å². The van der Waals surface area contributed by atoms with Gasteiger partial charge in [-0.3, -0.25) is 0 Å². The number of carboxylic acid groups (broad SMARTS) is 1. The summed E-state index contributed by atoms with van der Waals surface area (Å²) in [5, 5.41) is 19.1. The normalized spacial score (nSPS) is 9.90. The van der Waals surface area contributed by atoms with Gasteiger partial charge in [0.1, 0.15) is 0 Å². The molecule has 1 heterocycles. The Balaban J connectivity index is 2.19. The zero-order chi connectivity index (χ0) is 14.5. The van der Waals surface area contributed by atoms with E-state index in [-0.39, 0.29) is 5.69 Å². The van der Waals surface area contributed by atoms with Crippen molar-refractivity contribution in [1.82, 2.24) is 10.2 Å². The van der Waals surface area contributed by atoms with Crippen LogP contribution in [-0.4, -0.2) is 35.5 Å². The number of nitrogens with zero attached hydrogens (tertiary/aromatic N) is 2. The molecule has 0 aliphatic carbocycles. The molecule has 1 aromatic carbocycles. The molecule has 0 spiro atoms. The zero-order valence-corrected chi connectivity index (χ0v) is 11.0. The number of hydrogen-bond donors (Lipinski definition) is 2. The fraction of sp³-hybridized carbons (Fsp3) is 0.154. The summed E-state index contributed by atoms with van der Waals surface area (Å²) in [4.78, 5) is 10.7. The largest absolute Gasteiger partial charge is 0.493 e. The first-order valence-corrected chi connectivity index (χ1v) is 5.70. The molecule has 0 amide bonds.